The molecule has 26 heavy (non-hydrogen) atoms. The predicted octanol–water partition coefficient (Wildman–Crippen LogP) is 3.68. The molecule has 6 nitrogen and oxygen atoms in total. The number of halogens is 2. The van der Waals surface area contributed by atoms with Gasteiger partial charge in [-0.1, -0.05) is 23.7 Å². The number of methoxy groups -OCH3 is 2. The summed E-state index contributed by atoms with van der Waals surface area (Å²) in [5, 5.41) is 2.51. The van der Waals surface area contributed by atoms with Crippen molar-refractivity contribution in [2.75, 3.05) is 19.5 Å². The fourth-order valence-corrected chi connectivity index (χ4v) is 2.40. The molecule has 8 heteroatoms. The molecule has 1 amide bonds. The van der Waals surface area contributed by atoms with Crippen molar-refractivity contribution in [1.82, 2.24) is 0 Å². The lowest BCUT2D eigenvalue weighted by Gasteiger charge is -2.15. The molecule has 0 unspecified atom stereocenters. The Labute approximate surface area is 154 Å². The highest BCUT2D eigenvalue weighted by atomic mass is 35.5. The van der Waals surface area contributed by atoms with Crippen molar-refractivity contribution in [3.05, 3.63) is 52.8 Å². The van der Waals surface area contributed by atoms with Crippen molar-refractivity contribution in [1.29, 1.82) is 0 Å². The summed E-state index contributed by atoms with van der Waals surface area (Å²) in [5.74, 6) is -1.53. The van der Waals surface area contributed by atoms with Gasteiger partial charge in [-0.15, -0.1) is 0 Å². The predicted molar refractivity (Wildman–Crippen MR) is 94.5 cm³/mol. The van der Waals surface area contributed by atoms with Gasteiger partial charge in [-0.2, -0.15) is 0 Å². The number of ether oxygens (including phenoxy) is 3. The number of esters is 1. The minimum atomic E-state index is -1.16. The molecule has 2 aromatic carbocycles. The molecule has 1 atom stereocenters. The summed E-state index contributed by atoms with van der Waals surface area (Å²) in [6.45, 7) is 1.37. The van der Waals surface area contributed by atoms with Crippen molar-refractivity contribution >= 4 is 29.2 Å². The highest BCUT2D eigenvalue weighted by molar-refractivity contribution is 6.32. The van der Waals surface area contributed by atoms with Gasteiger partial charge in [0.25, 0.3) is 5.91 Å². The fraction of sp³-hybridized carbons (Fsp3) is 0.222. The van der Waals surface area contributed by atoms with Gasteiger partial charge in [0, 0.05) is 0 Å². The summed E-state index contributed by atoms with van der Waals surface area (Å²) in [7, 11) is 2.81. The highest BCUT2D eigenvalue weighted by Crippen LogP contribution is 2.36. The molecule has 0 saturated carbocycles. The topological polar surface area (TPSA) is 73.9 Å². The van der Waals surface area contributed by atoms with Gasteiger partial charge in [0.15, 0.2) is 17.6 Å². The quantitative estimate of drug-likeness (QED) is 0.773. The van der Waals surface area contributed by atoms with Crippen molar-refractivity contribution in [2.45, 2.75) is 13.0 Å². The molecule has 138 valence electrons. The number of anilines is 1. The molecule has 0 aliphatic rings. The van der Waals surface area contributed by atoms with Crippen molar-refractivity contribution in [3.63, 3.8) is 0 Å². The third-order valence-electron chi connectivity index (χ3n) is 3.45. The first-order valence-electron chi connectivity index (χ1n) is 7.55. The first-order valence-corrected chi connectivity index (χ1v) is 7.93. The second-order valence-electron chi connectivity index (χ2n) is 5.21. The van der Waals surface area contributed by atoms with Crippen LogP contribution in [0.5, 0.6) is 11.5 Å². The number of benzene rings is 2. The van der Waals surface area contributed by atoms with Crippen LogP contribution in [-0.2, 0) is 9.53 Å². The minimum Gasteiger partial charge on any atom is -0.493 e. The van der Waals surface area contributed by atoms with Crippen LogP contribution in [0, 0.1) is 5.82 Å². The second-order valence-corrected chi connectivity index (χ2v) is 5.62. The normalized spacial score (nSPS) is 11.4. The first kappa shape index (κ1) is 19.5. The molecule has 0 spiro atoms. The fourth-order valence-electron chi connectivity index (χ4n) is 2.11. The zero-order valence-electron chi connectivity index (χ0n) is 14.3. The Bertz CT molecular complexity index is 827. The smallest absolute Gasteiger partial charge is 0.339 e. The Hall–Kier alpha value is -2.80. The van der Waals surface area contributed by atoms with Gasteiger partial charge in [-0.3, -0.25) is 4.79 Å². The van der Waals surface area contributed by atoms with E-state index in [0.29, 0.717) is 0 Å². The summed E-state index contributed by atoms with van der Waals surface area (Å²) in [4.78, 5) is 24.4. The lowest BCUT2D eigenvalue weighted by atomic mass is 10.2. The summed E-state index contributed by atoms with van der Waals surface area (Å²) in [6, 6.07) is 8.39. The highest BCUT2D eigenvalue weighted by Gasteiger charge is 2.22. The van der Waals surface area contributed by atoms with E-state index in [1.54, 1.807) is 6.07 Å². The van der Waals surface area contributed by atoms with E-state index in [1.807, 2.05) is 0 Å². The van der Waals surface area contributed by atoms with Gasteiger partial charge < -0.3 is 19.5 Å². The Morgan fingerprint density at radius 3 is 2.46 bits per heavy atom. The molecule has 0 saturated heterocycles. The molecular formula is C18H17ClFNO5. The maximum absolute atomic E-state index is 13.6. The third-order valence-corrected chi connectivity index (χ3v) is 3.73. The van der Waals surface area contributed by atoms with Crippen LogP contribution in [-0.4, -0.2) is 32.2 Å². The lowest BCUT2D eigenvalue weighted by Crippen LogP contribution is -2.30. The van der Waals surface area contributed by atoms with Gasteiger partial charge >= 0.3 is 5.97 Å². The molecule has 0 fully saturated rings. The van der Waals surface area contributed by atoms with Gasteiger partial charge in [-0.05, 0) is 31.2 Å². The number of para-hydroxylation sites is 1. The van der Waals surface area contributed by atoms with Crippen LogP contribution in [0.2, 0.25) is 5.02 Å². The molecule has 0 aliphatic heterocycles. The molecule has 0 radical (unpaired) electrons. The Balaban J connectivity index is 2.10. The summed E-state index contributed by atoms with van der Waals surface area (Å²) >= 11 is 6.05. The van der Waals surface area contributed by atoms with E-state index >= 15 is 0 Å². The average Bonchev–Trinajstić information content (AvgIpc) is 2.62. The largest absolute Gasteiger partial charge is 0.493 e. The number of hydrogen-bond donors (Lipinski definition) is 1. The Kier molecular flexibility index (Phi) is 6.41. The maximum Gasteiger partial charge on any atom is 0.339 e. The van der Waals surface area contributed by atoms with Crippen molar-refractivity contribution in [3.8, 4) is 11.5 Å². The first-order chi connectivity index (χ1) is 12.4. The number of carbonyl (C=O) groups is 2. The van der Waals surface area contributed by atoms with Crippen LogP contribution in [0.25, 0.3) is 0 Å². The number of amides is 1. The zero-order valence-corrected chi connectivity index (χ0v) is 15.1. The van der Waals surface area contributed by atoms with E-state index in [9.17, 15) is 14.0 Å². The molecule has 1 N–H and O–H groups in total. The molecule has 0 aromatic heterocycles. The minimum absolute atomic E-state index is 0.00504. The third kappa shape index (κ3) is 4.43. The van der Waals surface area contributed by atoms with E-state index in [1.165, 1.54) is 51.5 Å². The summed E-state index contributed by atoms with van der Waals surface area (Å²) in [5.41, 5.74) is 0.0766. The number of carbonyl (C=O) groups excluding carboxylic acids is 2. The molecule has 0 heterocycles. The monoisotopic (exact) mass is 381 g/mol. The van der Waals surface area contributed by atoms with Crippen LogP contribution < -0.4 is 14.8 Å². The van der Waals surface area contributed by atoms with Crippen LogP contribution in [0.3, 0.4) is 0 Å². The lowest BCUT2D eigenvalue weighted by molar-refractivity contribution is -0.123. The van der Waals surface area contributed by atoms with E-state index in [0.717, 1.165) is 0 Å². The number of nitrogens with one attached hydrogen (secondary N) is 1. The molecule has 0 aliphatic carbocycles. The average molecular weight is 382 g/mol. The SMILES string of the molecule is COc1cc(C(=O)O[C@@H](C)C(=O)Nc2ccccc2F)cc(Cl)c1OC. The van der Waals surface area contributed by atoms with Gasteiger partial charge in [-0.25, -0.2) is 9.18 Å². The van der Waals surface area contributed by atoms with Crippen LogP contribution in [0.4, 0.5) is 10.1 Å². The molecular weight excluding hydrogens is 365 g/mol. The Morgan fingerprint density at radius 2 is 1.85 bits per heavy atom. The van der Waals surface area contributed by atoms with E-state index in [-0.39, 0.29) is 27.8 Å². The standard InChI is InChI=1S/C18H17ClFNO5/c1-10(17(22)21-14-7-5-4-6-13(14)20)26-18(23)11-8-12(19)16(25-3)15(9-11)24-2/h4-10H,1-3H3,(H,21,22)/t10-/m0/s1. The van der Waals surface area contributed by atoms with E-state index in [2.05, 4.69) is 5.32 Å². The van der Waals surface area contributed by atoms with Crippen LogP contribution in [0.15, 0.2) is 36.4 Å². The van der Waals surface area contributed by atoms with Gasteiger partial charge in [0.2, 0.25) is 0 Å². The van der Waals surface area contributed by atoms with E-state index < -0.39 is 23.8 Å². The van der Waals surface area contributed by atoms with Crippen LogP contribution >= 0.6 is 11.6 Å². The zero-order chi connectivity index (χ0) is 19.3. The van der Waals surface area contributed by atoms with Crippen molar-refractivity contribution < 1.29 is 28.2 Å². The van der Waals surface area contributed by atoms with Gasteiger partial charge in [0.05, 0.1) is 30.5 Å². The van der Waals surface area contributed by atoms with E-state index in [4.69, 9.17) is 25.8 Å². The molecule has 2 aromatic rings. The number of hydrogen-bond acceptors (Lipinski definition) is 5. The molecule has 0 bridgehead atoms. The van der Waals surface area contributed by atoms with Crippen LogP contribution in [0.1, 0.15) is 17.3 Å². The Morgan fingerprint density at radius 1 is 1.15 bits per heavy atom. The molecule has 2 rings (SSSR count). The maximum atomic E-state index is 13.6. The van der Waals surface area contributed by atoms with Gasteiger partial charge in [0.1, 0.15) is 5.82 Å². The number of rotatable bonds is 6. The second kappa shape index (κ2) is 8.53. The summed E-state index contributed by atoms with van der Waals surface area (Å²) < 4.78 is 28.9. The summed E-state index contributed by atoms with van der Waals surface area (Å²) in [6.07, 6.45) is -1.16. The van der Waals surface area contributed by atoms with Crippen molar-refractivity contribution in [2.24, 2.45) is 0 Å².